The van der Waals surface area contributed by atoms with E-state index in [-0.39, 0.29) is 18.6 Å². The SMILES string of the molecule is O=C(O)COCC(=O)NC1CCCCCC1. The molecule has 5 heteroatoms. The topological polar surface area (TPSA) is 75.6 Å². The highest BCUT2D eigenvalue weighted by atomic mass is 16.5. The van der Waals surface area contributed by atoms with Crippen LogP contribution in [0.5, 0.6) is 0 Å². The smallest absolute Gasteiger partial charge is 0.329 e. The van der Waals surface area contributed by atoms with Crippen molar-refractivity contribution in [1.29, 1.82) is 0 Å². The van der Waals surface area contributed by atoms with E-state index in [1.165, 1.54) is 12.8 Å². The molecule has 1 rings (SSSR count). The summed E-state index contributed by atoms with van der Waals surface area (Å²) in [6.07, 6.45) is 6.82. The van der Waals surface area contributed by atoms with E-state index in [4.69, 9.17) is 9.84 Å². The Morgan fingerprint density at radius 3 is 2.31 bits per heavy atom. The van der Waals surface area contributed by atoms with Gasteiger partial charge in [0.2, 0.25) is 5.91 Å². The summed E-state index contributed by atoms with van der Waals surface area (Å²) < 4.78 is 4.72. The molecule has 0 heterocycles. The summed E-state index contributed by atoms with van der Waals surface area (Å²) in [6, 6.07) is 0.239. The first-order chi connectivity index (χ1) is 7.68. The maximum Gasteiger partial charge on any atom is 0.329 e. The van der Waals surface area contributed by atoms with Crippen LogP contribution in [0.3, 0.4) is 0 Å². The zero-order chi connectivity index (χ0) is 11.8. The van der Waals surface area contributed by atoms with E-state index < -0.39 is 12.6 Å². The number of carboxylic acid groups (broad SMARTS) is 1. The van der Waals surface area contributed by atoms with Crippen molar-refractivity contribution in [3.8, 4) is 0 Å². The molecule has 0 aliphatic heterocycles. The lowest BCUT2D eigenvalue weighted by Crippen LogP contribution is -2.37. The van der Waals surface area contributed by atoms with Gasteiger partial charge in [0.05, 0.1) is 0 Å². The number of nitrogens with one attached hydrogen (secondary N) is 1. The Morgan fingerprint density at radius 1 is 1.12 bits per heavy atom. The van der Waals surface area contributed by atoms with Crippen molar-refractivity contribution in [3.63, 3.8) is 0 Å². The molecule has 1 fully saturated rings. The second kappa shape index (κ2) is 7.22. The van der Waals surface area contributed by atoms with Crippen molar-refractivity contribution in [2.75, 3.05) is 13.2 Å². The third kappa shape index (κ3) is 5.70. The molecule has 92 valence electrons. The monoisotopic (exact) mass is 229 g/mol. The quantitative estimate of drug-likeness (QED) is 0.687. The molecule has 1 aliphatic carbocycles. The highest BCUT2D eigenvalue weighted by Crippen LogP contribution is 2.16. The molecule has 0 aromatic carbocycles. The molecule has 16 heavy (non-hydrogen) atoms. The van der Waals surface area contributed by atoms with Crippen molar-refractivity contribution in [1.82, 2.24) is 5.32 Å². The largest absolute Gasteiger partial charge is 0.480 e. The van der Waals surface area contributed by atoms with Crippen molar-refractivity contribution in [2.24, 2.45) is 0 Å². The molecule has 5 nitrogen and oxygen atoms in total. The fraction of sp³-hybridized carbons (Fsp3) is 0.818. The number of amides is 1. The van der Waals surface area contributed by atoms with E-state index in [1.807, 2.05) is 0 Å². The zero-order valence-electron chi connectivity index (χ0n) is 9.41. The fourth-order valence-electron chi connectivity index (χ4n) is 1.92. The van der Waals surface area contributed by atoms with Crippen LogP contribution in [0.15, 0.2) is 0 Å². The predicted octanol–water partition coefficient (Wildman–Crippen LogP) is 0.927. The van der Waals surface area contributed by atoms with Gasteiger partial charge in [0.15, 0.2) is 0 Å². The lowest BCUT2D eigenvalue weighted by atomic mass is 10.1. The van der Waals surface area contributed by atoms with Crippen LogP contribution in [-0.4, -0.2) is 36.2 Å². The molecular weight excluding hydrogens is 210 g/mol. The van der Waals surface area contributed by atoms with Crippen LogP contribution < -0.4 is 5.32 Å². The summed E-state index contributed by atoms with van der Waals surface area (Å²) in [5, 5.41) is 11.2. The molecule has 0 saturated heterocycles. The molecule has 1 amide bonds. The van der Waals surface area contributed by atoms with E-state index in [0.29, 0.717) is 0 Å². The average Bonchev–Trinajstić information content (AvgIpc) is 2.45. The number of hydrogen-bond donors (Lipinski definition) is 2. The Labute approximate surface area is 95.2 Å². The van der Waals surface area contributed by atoms with Gasteiger partial charge in [-0.25, -0.2) is 4.79 Å². The van der Waals surface area contributed by atoms with Crippen molar-refractivity contribution < 1.29 is 19.4 Å². The molecule has 0 atom stereocenters. The Kier molecular flexibility index (Phi) is 5.85. The van der Waals surface area contributed by atoms with E-state index >= 15 is 0 Å². The summed E-state index contributed by atoms with van der Waals surface area (Å²) in [5.41, 5.74) is 0. The maximum atomic E-state index is 11.4. The minimum absolute atomic E-state index is 0.164. The van der Waals surface area contributed by atoms with Gasteiger partial charge in [-0.1, -0.05) is 25.7 Å². The summed E-state index contributed by atoms with van der Waals surface area (Å²) in [4.78, 5) is 21.5. The highest BCUT2D eigenvalue weighted by molar-refractivity contribution is 5.78. The molecule has 0 radical (unpaired) electrons. The van der Waals surface area contributed by atoms with Crippen molar-refractivity contribution >= 4 is 11.9 Å². The molecular formula is C11H19NO4. The molecule has 0 spiro atoms. The lowest BCUT2D eigenvalue weighted by Gasteiger charge is -2.15. The van der Waals surface area contributed by atoms with Gasteiger partial charge in [-0.15, -0.1) is 0 Å². The normalized spacial score (nSPS) is 17.8. The second-order valence-corrected chi connectivity index (χ2v) is 4.14. The van der Waals surface area contributed by atoms with E-state index in [0.717, 1.165) is 25.7 Å². The van der Waals surface area contributed by atoms with Crippen LogP contribution in [0, 0.1) is 0 Å². The van der Waals surface area contributed by atoms with Crippen molar-refractivity contribution in [3.05, 3.63) is 0 Å². The van der Waals surface area contributed by atoms with Gasteiger partial charge in [-0.2, -0.15) is 0 Å². The van der Waals surface area contributed by atoms with Crippen molar-refractivity contribution in [2.45, 2.75) is 44.6 Å². The Balaban J connectivity index is 2.14. The van der Waals surface area contributed by atoms with Gasteiger partial charge >= 0.3 is 5.97 Å². The number of carbonyl (C=O) groups excluding carboxylic acids is 1. The second-order valence-electron chi connectivity index (χ2n) is 4.14. The Morgan fingerprint density at radius 2 is 1.75 bits per heavy atom. The summed E-state index contributed by atoms with van der Waals surface area (Å²) in [6.45, 7) is -0.582. The zero-order valence-corrected chi connectivity index (χ0v) is 9.41. The first kappa shape index (κ1) is 13.0. The predicted molar refractivity (Wildman–Crippen MR) is 58.1 cm³/mol. The molecule has 0 bridgehead atoms. The summed E-state index contributed by atoms with van der Waals surface area (Å²) in [7, 11) is 0. The van der Waals surface area contributed by atoms with E-state index in [2.05, 4.69) is 5.32 Å². The Hall–Kier alpha value is -1.10. The van der Waals surface area contributed by atoms with E-state index in [9.17, 15) is 9.59 Å². The minimum atomic E-state index is -1.05. The van der Waals surface area contributed by atoms with Crippen LogP contribution in [0.2, 0.25) is 0 Å². The van der Waals surface area contributed by atoms with Gasteiger partial charge in [0.25, 0.3) is 0 Å². The standard InChI is InChI=1S/C11H19NO4/c13-10(7-16-8-11(14)15)12-9-5-3-1-2-4-6-9/h9H,1-8H2,(H,12,13)(H,14,15). The first-order valence-electron chi connectivity index (χ1n) is 5.77. The van der Waals surface area contributed by atoms with Crippen LogP contribution in [0.4, 0.5) is 0 Å². The third-order valence-corrected chi connectivity index (χ3v) is 2.68. The number of aliphatic carboxylic acids is 1. The molecule has 1 saturated carbocycles. The number of hydrogen-bond acceptors (Lipinski definition) is 3. The number of carboxylic acids is 1. The highest BCUT2D eigenvalue weighted by Gasteiger charge is 2.14. The summed E-state index contributed by atoms with van der Waals surface area (Å²) in [5.74, 6) is -1.27. The fourth-order valence-corrected chi connectivity index (χ4v) is 1.92. The van der Waals surface area contributed by atoms with Gasteiger partial charge in [0, 0.05) is 6.04 Å². The van der Waals surface area contributed by atoms with Gasteiger partial charge in [-0.05, 0) is 12.8 Å². The Bertz CT molecular complexity index is 234. The molecule has 1 aliphatic rings. The van der Waals surface area contributed by atoms with Crippen LogP contribution in [0.25, 0.3) is 0 Å². The summed E-state index contributed by atoms with van der Waals surface area (Å²) >= 11 is 0. The van der Waals surface area contributed by atoms with Gasteiger partial charge in [-0.3, -0.25) is 4.79 Å². The average molecular weight is 229 g/mol. The number of rotatable bonds is 5. The molecule has 0 aromatic heterocycles. The molecule has 2 N–H and O–H groups in total. The first-order valence-corrected chi connectivity index (χ1v) is 5.77. The lowest BCUT2D eigenvalue weighted by molar-refractivity contribution is -0.143. The molecule has 0 unspecified atom stereocenters. The number of ether oxygens (including phenoxy) is 1. The number of carbonyl (C=O) groups is 2. The van der Waals surface area contributed by atoms with Crippen LogP contribution in [0.1, 0.15) is 38.5 Å². The third-order valence-electron chi connectivity index (χ3n) is 2.68. The van der Waals surface area contributed by atoms with Crippen LogP contribution >= 0.6 is 0 Å². The van der Waals surface area contributed by atoms with Gasteiger partial charge < -0.3 is 15.2 Å². The maximum absolute atomic E-state index is 11.4. The minimum Gasteiger partial charge on any atom is -0.480 e. The van der Waals surface area contributed by atoms with E-state index in [1.54, 1.807) is 0 Å². The van der Waals surface area contributed by atoms with Crippen LogP contribution in [-0.2, 0) is 14.3 Å². The molecule has 0 aromatic rings. The van der Waals surface area contributed by atoms with Gasteiger partial charge in [0.1, 0.15) is 13.2 Å².